The third-order valence-electron chi connectivity index (χ3n) is 3.13. The lowest BCUT2D eigenvalue weighted by Crippen LogP contribution is -1.85. The van der Waals surface area contributed by atoms with Gasteiger partial charge in [0, 0.05) is 17.1 Å². The first-order valence-corrected chi connectivity index (χ1v) is 6.28. The van der Waals surface area contributed by atoms with E-state index in [1.165, 1.54) is 12.1 Å². The summed E-state index contributed by atoms with van der Waals surface area (Å²) < 4.78 is 12.8. The molecule has 3 rings (SSSR count). The van der Waals surface area contributed by atoms with Gasteiger partial charge in [-0.15, -0.1) is 0 Å². The molecule has 1 aromatic heterocycles. The number of aliphatic imine (C=N–C) groups is 1. The minimum Gasteiger partial charge on any atom is -0.494 e. The highest BCUT2D eigenvalue weighted by atomic mass is 19.1. The molecular formula is C16H13FN2O. The van der Waals surface area contributed by atoms with Crippen molar-refractivity contribution >= 4 is 17.1 Å². The third kappa shape index (κ3) is 2.40. The lowest BCUT2D eigenvalue weighted by molar-refractivity contribution is 0.457. The molecule has 0 saturated carbocycles. The summed E-state index contributed by atoms with van der Waals surface area (Å²) in [5.74, 6) is -0.152. The van der Waals surface area contributed by atoms with Crippen molar-refractivity contribution in [3.63, 3.8) is 0 Å². The van der Waals surface area contributed by atoms with E-state index in [0.29, 0.717) is 12.1 Å². The molecule has 0 radical (unpaired) electrons. The summed E-state index contributed by atoms with van der Waals surface area (Å²) in [6, 6.07) is 13.8. The number of aromatic nitrogens is 1. The summed E-state index contributed by atoms with van der Waals surface area (Å²) in [6.07, 6.45) is 1.64. The topological polar surface area (TPSA) is 48.4 Å². The molecule has 3 aromatic rings. The first-order valence-electron chi connectivity index (χ1n) is 6.28. The van der Waals surface area contributed by atoms with Gasteiger partial charge in [0.2, 0.25) is 0 Å². The van der Waals surface area contributed by atoms with Gasteiger partial charge in [0.25, 0.3) is 0 Å². The first-order chi connectivity index (χ1) is 9.74. The fourth-order valence-corrected chi connectivity index (χ4v) is 2.11. The van der Waals surface area contributed by atoms with Crippen LogP contribution in [0.5, 0.6) is 5.88 Å². The summed E-state index contributed by atoms with van der Waals surface area (Å²) in [5, 5.41) is 10.8. The Kier molecular flexibility index (Phi) is 3.21. The zero-order chi connectivity index (χ0) is 13.9. The van der Waals surface area contributed by atoms with Crippen LogP contribution in [0.25, 0.3) is 10.9 Å². The van der Waals surface area contributed by atoms with Crippen molar-refractivity contribution in [2.45, 2.75) is 6.54 Å². The van der Waals surface area contributed by atoms with Gasteiger partial charge in [-0.05, 0) is 23.8 Å². The van der Waals surface area contributed by atoms with E-state index in [9.17, 15) is 9.50 Å². The number of rotatable bonds is 3. The Labute approximate surface area is 115 Å². The van der Waals surface area contributed by atoms with Crippen LogP contribution in [0.4, 0.5) is 4.39 Å². The van der Waals surface area contributed by atoms with Crippen LogP contribution >= 0.6 is 0 Å². The van der Waals surface area contributed by atoms with Crippen molar-refractivity contribution < 1.29 is 9.50 Å². The van der Waals surface area contributed by atoms with Gasteiger partial charge in [0.1, 0.15) is 5.82 Å². The van der Waals surface area contributed by atoms with Crippen molar-refractivity contribution in [2.24, 2.45) is 4.99 Å². The number of para-hydroxylation sites is 1. The second-order valence-corrected chi connectivity index (χ2v) is 4.53. The van der Waals surface area contributed by atoms with E-state index in [2.05, 4.69) is 9.98 Å². The average Bonchev–Trinajstić information content (AvgIpc) is 2.77. The van der Waals surface area contributed by atoms with E-state index < -0.39 is 0 Å². The van der Waals surface area contributed by atoms with E-state index in [-0.39, 0.29) is 11.7 Å². The molecule has 0 aliphatic carbocycles. The molecule has 0 bridgehead atoms. The Bertz CT molecular complexity index is 760. The highest BCUT2D eigenvalue weighted by Gasteiger charge is 2.07. The number of H-pyrrole nitrogens is 1. The van der Waals surface area contributed by atoms with E-state index >= 15 is 0 Å². The van der Waals surface area contributed by atoms with Crippen LogP contribution in [0.15, 0.2) is 53.5 Å². The molecule has 0 unspecified atom stereocenters. The molecule has 100 valence electrons. The Morgan fingerprint density at radius 3 is 2.65 bits per heavy atom. The summed E-state index contributed by atoms with van der Waals surface area (Å²) in [5.41, 5.74) is 2.46. The maximum absolute atomic E-state index is 12.8. The van der Waals surface area contributed by atoms with Crippen LogP contribution in [-0.2, 0) is 6.54 Å². The van der Waals surface area contributed by atoms with Crippen molar-refractivity contribution in [2.75, 3.05) is 0 Å². The average molecular weight is 268 g/mol. The number of hydrogen-bond donors (Lipinski definition) is 2. The maximum Gasteiger partial charge on any atom is 0.198 e. The molecule has 0 aliphatic heterocycles. The van der Waals surface area contributed by atoms with Crippen molar-refractivity contribution in [3.05, 3.63) is 65.5 Å². The number of benzene rings is 2. The minimum atomic E-state index is -0.257. The summed E-state index contributed by atoms with van der Waals surface area (Å²) in [6.45, 7) is 0.444. The number of nitrogens with zero attached hydrogens (tertiary/aromatic N) is 1. The minimum absolute atomic E-state index is 0.106. The van der Waals surface area contributed by atoms with Gasteiger partial charge >= 0.3 is 0 Å². The molecular weight excluding hydrogens is 255 g/mol. The van der Waals surface area contributed by atoms with Gasteiger partial charge < -0.3 is 10.1 Å². The molecule has 4 heteroatoms. The van der Waals surface area contributed by atoms with Crippen molar-refractivity contribution in [3.8, 4) is 5.88 Å². The van der Waals surface area contributed by atoms with Crippen LogP contribution in [0.3, 0.4) is 0 Å². The van der Waals surface area contributed by atoms with E-state index in [1.54, 1.807) is 18.3 Å². The number of hydrogen-bond acceptors (Lipinski definition) is 2. The summed E-state index contributed by atoms with van der Waals surface area (Å²) in [4.78, 5) is 7.20. The van der Waals surface area contributed by atoms with Gasteiger partial charge in [-0.25, -0.2) is 4.39 Å². The van der Waals surface area contributed by atoms with Gasteiger partial charge in [-0.3, -0.25) is 4.99 Å². The monoisotopic (exact) mass is 268 g/mol. The van der Waals surface area contributed by atoms with E-state index in [0.717, 1.165) is 16.5 Å². The normalized spacial score (nSPS) is 11.4. The first kappa shape index (κ1) is 12.4. The molecule has 20 heavy (non-hydrogen) atoms. The van der Waals surface area contributed by atoms with Crippen LogP contribution in [0, 0.1) is 5.82 Å². The second kappa shape index (κ2) is 5.17. The summed E-state index contributed by atoms with van der Waals surface area (Å²) >= 11 is 0. The van der Waals surface area contributed by atoms with Crippen molar-refractivity contribution in [1.29, 1.82) is 0 Å². The lowest BCUT2D eigenvalue weighted by atomic mass is 10.2. The molecule has 2 aromatic carbocycles. The fraction of sp³-hybridized carbons (Fsp3) is 0.0625. The van der Waals surface area contributed by atoms with Gasteiger partial charge in [-0.2, -0.15) is 0 Å². The zero-order valence-electron chi connectivity index (χ0n) is 10.7. The number of fused-ring (bicyclic) bond motifs is 1. The lowest BCUT2D eigenvalue weighted by Gasteiger charge is -1.96. The largest absolute Gasteiger partial charge is 0.494 e. The highest BCUT2D eigenvalue weighted by molar-refractivity contribution is 6.01. The Balaban J connectivity index is 1.84. The number of aromatic amines is 1. The Morgan fingerprint density at radius 2 is 1.85 bits per heavy atom. The molecule has 0 aliphatic rings. The second-order valence-electron chi connectivity index (χ2n) is 4.53. The zero-order valence-corrected chi connectivity index (χ0v) is 10.7. The standard InChI is InChI=1S/C16H13FN2O/c17-12-7-5-11(6-8-12)9-18-10-14-13-3-1-2-4-15(13)19-16(14)20/h1-8,10,19-20H,9H2. The molecule has 0 atom stereocenters. The smallest absolute Gasteiger partial charge is 0.198 e. The molecule has 2 N–H and O–H groups in total. The van der Waals surface area contributed by atoms with Gasteiger partial charge in [0.05, 0.1) is 12.1 Å². The molecule has 0 spiro atoms. The summed E-state index contributed by atoms with van der Waals surface area (Å²) in [7, 11) is 0. The fourth-order valence-electron chi connectivity index (χ4n) is 2.11. The van der Waals surface area contributed by atoms with Gasteiger partial charge in [-0.1, -0.05) is 30.3 Å². The predicted molar refractivity (Wildman–Crippen MR) is 77.7 cm³/mol. The van der Waals surface area contributed by atoms with E-state index in [1.807, 2.05) is 24.3 Å². The van der Waals surface area contributed by atoms with Crippen LogP contribution < -0.4 is 0 Å². The number of nitrogens with one attached hydrogen (secondary N) is 1. The van der Waals surface area contributed by atoms with Crippen LogP contribution in [0.1, 0.15) is 11.1 Å². The molecule has 0 amide bonds. The third-order valence-corrected chi connectivity index (χ3v) is 3.13. The number of halogens is 1. The highest BCUT2D eigenvalue weighted by Crippen LogP contribution is 2.25. The molecule has 0 saturated heterocycles. The number of aromatic hydroxyl groups is 1. The van der Waals surface area contributed by atoms with Crippen LogP contribution in [0.2, 0.25) is 0 Å². The maximum atomic E-state index is 12.8. The van der Waals surface area contributed by atoms with Crippen molar-refractivity contribution in [1.82, 2.24) is 4.98 Å². The molecule has 0 fully saturated rings. The predicted octanol–water partition coefficient (Wildman–Crippen LogP) is 3.63. The SMILES string of the molecule is Oc1[nH]c2ccccc2c1C=NCc1ccc(F)cc1. The Morgan fingerprint density at radius 1 is 1.10 bits per heavy atom. The van der Waals surface area contributed by atoms with Gasteiger partial charge in [0.15, 0.2) is 5.88 Å². The quantitative estimate of drug-likeness (QED) is 0.700. The van der Waals surface area contributed by atoms with E-state index in [4.69, 9.17) is 0 Å². The van der Waals surface area contributed by atoms with Crippen LogP contribution in [-0.4, -0.2) is 16.3 Å². The Hall–Kier alpha value is -2.62. The molecule has 3 nitrogen and oxygen atoms in total. The molecule has 1 heterocycles.